The van der Waals surface area contributed by atoms with Crippen LogP contribution in [0.4, 0.5) is 0 Å². The Bertz CT molecular complexity index is 588. The molecule has 3 nitrogen and oxygen atoms in total. The second-order valence-electron chi connectivity index (χ2n) is 10.0. The highest BCUT2D eigenvalue weighted by Gasteiger charge is 2.75. The molecule has 1 unspecified atom stereocenters. The number of azo groups is 1. The van der Waals surface area contributed by atoms with Crippen LogP contribution in [0.5, 0.6) is 0 Å². The third-order valence-electron chi connectivity index (χ3n) is 7.75. The Morgan fingerprint density at radius 1 is 1.00 bits per heavy atom. The number of nitrogens with zero attached hydrogens (tertiary/aromatic N) is 3. The lowest BCUT2D eigenvalue weighted by atomic mass is 9.58. The Morgan fingerprint density at radius 2 is 1.68 bits per heavy atom. The average Bonchev–Trinajstić information content (AvgIpc) is 2.94. The average molecular weight is 297 g/mol. The number of allylic oxidation sites excluding steroid dienone is 1. The van der Waals surface area contributed by atoms with Crippen LogP contribution in [0, 0.1) is 40.9 Å². The van der Waals surface area contributed by atoms with Gasteiger partial charge in [-0.05, 0) is 47.8 Å². The summed E-state index contributed by atoms with van der Waals surface area (Å²) < 4.78 is 0. The van der Waals surface area contributed by atoms with Crippen molar-refractivity contribution in [2.75, 3.05) is 6.54 Å². The molecule has 0 radical (unpaired) electrons. The molecule has 4 bridgehead atoms. The lowest BCUT2D eigenvalue weighted by molar-refractivity contribution is 0.0273. The summed E-state index contributed by atoms with van der Waals surface area (Å²) in [5.41, 5.74) is 0.432. The highest BCUT2D eigenvalue weighted by Crippen LogP contribution is 2.70. The van der Waals surface area contributed by atoms with Crippen LogP contribution in [0.3, 0.4) is 0 Å². The Labute approximate surface area is 133 Å². The maximum atomic E-state index is 4.82. The highest BCUT2D eigenvalue weighted by atomic mass is 15.4. The summed E-state index contributed by atoms with van der Waals surface area (Å²) in [6.07, 6.45) is 7.67. The van der Waals surface area contributed by atoms with Gasteiger partial charge in [0, 0.05) is 24.5 Å². The van der Waals surface area contributed by atoms with Gasteiger partial charge in [0.25, 0.3) is 0 Å². The van der Waals surface area contributed by atoms with E-state index in [0.717, 1.165) is 47.6 Å². The Kier molecular flexibility index (Phi) is 2.13. The molecular formula is C19H27N3. The number of likely N-dealkylation sites (tertiary alicyclic amines) is 1. The predicted octanol–water partition coefficient (Wildman–Crippen LogP) is 3.38. The zero-order valence-corrected chi connectivity index (χ0v) is 13.9. The monoisotopic (exact) mass is 297 g/mol. The molecule has 0 N–H and O–H groups in total. The van der Waals surface area contributed by atoms with Gasteiger partial charge in [0.1, 0.15) is 0 Å². The van der Waals surface area contributed by atoms with Crippen molar-refractivity contribution in [1.29, 1.82) is 0 Å². The fourth-order valence-corrected chi connectivity index (χ4v) is 7.41. The minimum absolute atomic E-state index is 0.432. The first-order chi connectivity index (χ1) is 10.5. The van der Waals surface area contributed by atoms with Crippen LogP contribution in [-0.4, -0.2) is 35.6 Å². The number of rotatable bonds is 1. The van der Waals surface area contributed by atoms with Crippen LogP contribution >= 0.6 is 0 Å². The molecule has 7 aliphatic rings. The van der Waals surface area contributed by atoms with Crippen molar-refractivity contribution in [2.24, 2.45) is 51.2 Å². The molecule has 22 heavy (non-hydrogen) atoms. The summed E-state index contributed by atoms with van der Waals surface area (Å²) in [5, 5.41) is 9.63. The SMILES string of the molecule is CC(C)(C)CN1[C@@H]2[C@@H]3C[C@@H]([C@@H]4[C@@H]5N=N[C@@H]([C@H]6C=CC[C@H]65)[C@H]34)[C@@H]21. The van der Waals surface area contributed by atoms with Crippen LogP contribution in [0.25, 0.3) is 0 Å². The Morgan fingerprint density at radius 3 is 2.41 bits per heavy atom. The standard InChI is InChI=1S/C19H27N3/c1-19(2,3)8-22-17-11-7-12(18(17)22)14-13(11)15-9-5-4-6-10(9)16(14)21-20-15/h4-5,9-18H,6-8H2,1-3H3/t9-,10+,11+,12-,13+,14-,15-,16+,17+,18-,22?/m0/s1. The molecule has 0 spiro atoms. The lowest BCUT2D eigenvalue weighted by Crippen LogP contribution is -2.55. The highest BCUT2D eigenvalue weighted by molar-refractivity contribution is 5.30. The summed E-state index contributed by atoms with van der Waals surface area (Å²) in [6.45, 7) is 8.45. The fraction of sp³-hybridized carbons (Fsp3) is 0.895. The fourth-order valence-electron chi connectivity index (χ4n) is 7.41. The summed E-state index contributed by atoms with van der Waals surface area (Å²) in [4.78, 5) is 2.85. The first-order valence-corrected chi connectivity index (χ1v) is 9.37. The smallest absolute Gasteiger partial charge is 0.0809 e. The van der Waals surface area contributed by atoms with Gasteiger partial charge in [-0.3, -0.25) is 4.90 Å². The van der Waals surface area contributed by atoms with Gasteiger partial charge in [-0.1, -0.05) is 32.9 Å². The molecule has 3 saturated carbocycles. The first kappa shape index (κ1) is 12.7. The number of fused-ring (bicyclic) bond motifs is 5. The molecule has 118 valence electrons. The molecule has 1 saturated heterocycles. The van der Waals surface area contributed by atoms with E-state index >= 15 is 0 Å². The van der Waals surface area contributed by atoms with Gasteiger partial charge in [-0.25, -0.2) is 0 Å². The van der Waals surface area contributed by atoms with Gasteiger partial charge in [-0.2, -0.15) is 10.2 Å². The van der Waals surface area contributed by atoms with E-state index in [1.807, 2.05) is 0 Å². The molecule has 7 rings (SSSR count). The minimum atomic E-state index is 0.432. The third-order valence-corrected chi connectivity index (χ3v) is 7.75. The van der Waals surface area contributed by atoms with Gasteiger partial charge in [0.15, 0.2) is 0 Å². The minimum Gasteiger partial charge on any atom is -0.293 e. The molecule has 0 aromatic heterocycles. The number of hydrogen-bond acceptors (Lipinski definition) is 3. The van der Waals surface area contributed by atoms with Crippen LogP contribution in [-0.2, 0) is 0 Å². The quantitative estimate of drug-likeness (QED) is 0.538. The first-order valence-electron chi connectivity index (χ1n) is 9.37. The topological polar surface area (TPSA) is 27.7 Å². The third kappa shape index (κ3) is 1.35. The maximum absolute atomic E-state index is 4.82. The molecule has 3 aliphatic heterocycles. The van der Waals surface area contributed by atoms with Crippen LogP contribution < -0.4 is 0 Å². The van der Waals surface area contributed by atoms with Crippen molar-refractivity contribution in [1.82, 2.24) is 4.90 Å². The summed E-state index contributed by atoms with van der Waals surface area (Å²) in [5.74, 6) is 5.15. The van der Waals surface area contributed by atoms with E-state index in [9.17, 15) is 0 Å². The van der Waals surface area contributed by atoms with E-state index in [0.29, 0.717) is 17.5 Å². The van der Waals surface area contributed by atoms with Crippen molar-refractivity contribution in [3.63, 3.8) is 0 Å². The molecule has 0 aromatic rings. The molecular weight excluding hydrogens is 270 g/mol. The Hall–Kier alpha value is -0.700. The predicted molar refractivity (Wildman–Crippen MR) is 85.5 cm³/mol. The maximum Gasteiger partial charge on any atom is 0.0809 e. The second-order valence-corrected chi connectivity index (χ2v) is 10.0. The lowest BCUT2D eigenvalue weighted by Gasteiger charge is -2.50. The van der Waals surface area contributed by atoms with Crippen LogP contribution in [0.2, 0.25) is 0 Å². The van der Waals surface area contributed by atoms with Crippen molar-refractivity contribution < 1.29 is 0 Å². The molecule has 11 atom stereocenters. The molecule has 0 amide bonds. The second kappa shape index (κ2) is 3.68. The molecule has 4 aliphatic carbocycles. The molecule has 3 heteroatoms. The van der Waals surface area contributed by atoms with E-state index in [4.69, 9.17) is 10.2 Å². The van der Waals surface area contributed by atoms with Gasteiger partial charge < -0.3 is 0 Å². The number of piperidine rings is 1. The van der Waals surface area contributed by atoms with Crippen molar-refractivity contribution in [2.45, 2.75) is 57.8 Å². The van der Waals surface area contributed by atoms with Crippen molar-refractivity contribution in [3.05, 3.63) is 12.2 Å². The van der Waals surface area contributed by atoms with E-state index in [1.165, 1.54) is 19.4 Å². The summed E-state index contributed by atoms with van der Waals surface area (Å²) >= 11 is 0. The molecule has 3 heterocycles. The normalized spacial score (nSPS) is 62.2. The molecule has 4 fully saturated rings. The van der Waals surface area contributed by atoms with E-state index in [1.54, 1.807) is 0 Å². The largest absolute Gasteiger partial charge is 0.293 e. The van der Waals surface area contributed by atoms with Crippen molar-refractivity contribution in [3.8, 4) is 0 Å². The van der Waals surface area contributed by atoms with E-state index in [2.05, 4.69) is 37.8 Å². The van der Waals surface area contributed by atoms with Gasteiger partial charge in [0.2, 0.25) is 0 Å². The van der Waals surface area contributed by atoms with Crippen molar-refractivity contribution >= 4 is 0 Å². The van der Waals surface area contributed by atoms with E-state index < -0.39 is 0 Å². The zero-order valence-electron chi connectivity index (χ0n) is 13.9. The van der Waals surface area contributed by atoms with Gasteiger partial charge in [0.05, 0.1) is 12.1 Å². The summed E-state index contributed by atoms with van der Waals surface area (Å²) in [7, 11) is 0. The van der Waals surface area contributed by atoms with E-state index in [-0.39, 0.29) is 0 Å². The van der Waals surface area contributed by atoms with Crippen LogP contribution in [0.15, 0.2) is 22.4 Å². The van der Waals surface area contributed by atoms with Gasteiger partial charge >= 0.3 is 0 Å². The molecule has 0 aromatic carbocycles. The van der Waals surface area contributed by atoms with Crippen LogP contribution in [0.1, 0.15) is 33.6 Å². The van der Waals surface area contributed by atoms with Gasteiger partial charge in [-0.15, -0.1) is 0 Å². The summed E-state index contributed by atoms with van der Waals surface area (Å²) in [6, 6.07) is 2.91. The number of hydrogen-bond donors (Lipinski definition) is 0. The zero-order chi connectivity index (χ0) is 14.8. The Balaban J connectivity index is 1.34.